The summed E-state index contributed by atoms with van der Waals surface area (Å²) in [6.45, 7) is 2.65. The first-order chi connectivity index (χ1) is 15.6. The topological polar surface area (TPSA) is 113 Å². The van der Waals surface area contributed by atoms with Gasteiger partial charge in [-0.05, 0) is 23.3 Å². The van der Waals surface area contributed by atoms with Gasteiger partial charge in [-0.1, -0.05) is 25.1 Å². The first kappa shape index (κ1) is 24.1. The Bertz CT molecular complexity index is 1270. The number of carbonyl (C=O) groups excluding carboxylic acids is 1. The van der Waals surface area contributed by atoms with Gasteiger partial charge in [-0.25, -0.2) is 9.97 Å². The molecular weight excluding hydrogens is 436 g/mol. The van der Waals surface area contributed by atoms with Crippen molar-refractivity contribution in [1.29, 1.82) is 0 Å². The Balaban J connectivity index is 0.00000306. The van der Waals surface area contributed by atoms with E-state index in [0.717, 1.165) is 33.3 Å². The van der Waals surface area contributed by atoms with Crippen molar-refractivity contribution < 1.29 is 9.90 Å². The van der Waals surface area contributed by atoms with E-state index in [9.17, 15) is 9.90 Å². The average Bonchev–Trinajstić information content (AvgIpc) is 2.86. The smallest absolute Gasteiger partial charge is 0.251 e. The Kier molecular flexibility index (Phi) is 7.92. The van der Waals surface area contributed by atoms with E-state index in [1.54, 1.807) is 31.7 Å². The fraction of sp³-hybridized carbons (Fsp3) is 0.208. The summed E-state index contributed by atoms with van der Waals surface area (Å²) in [5.74, 6) is 0.674. The van der Waals surface area contributed by atoms with E-state index in [0.29, 0.717) is 17.9 Å². The van der Waals surface area contributed by atoms with E-state index < -0.39 is 0 Å². The van der Waals surface area contributed by atoms with Crippen molar-refractivity contribution in [2.24, 2.45) is 0 Å². The Labute approximate surface area is 199 Å². The first-order valence-corrected chi connectivity index (χ1v) is 10.3. The van der Waals surface area contributed by atoms with Crippen LogP contribution in [0.1, 0.15) is 34.3 Å². The van der Waals surface area contributed by atoms with Gasteiger partial charge in [-0.3, -0.25) is 14.8 Å². The first-order valence-electron chi connectivity index (χ1n) is 10.3. The van der Waals surface area contributed by atoms with Crippen LogP contribution in [0.5, 0.6) is 0 Å². The number of aliphatic hydroxyl groups is 1. The number of benzene rings is 1. The maximum Gasteiger partial charge on any atom is 0.251 e. The van der Waals surface area contributed by atoms with Crippen LogP contribution in [0.15, 0.2) is 61.3 Å². The molecule has 0 saturated heterocycles. The van der Waals surface area contributed by atoms with Gasteiger partial charge in [0.2, 0.25) is 0 Å². The van der Waals surface area contributed by atoms with Crippen LogP contribution in [0, 0.1) is 0 Å². The third-order valence-corrected chi connectivity index (χ3v) is 5.33. The number of carbonyl (C=O) groups is 1. The number of fused-ring (bicyclic) bond motifs is 1. The maximum absolute atomic E-state index is 12.2. The molecule has 0 radical (unpaired) electrons. The minimum atomic E-state index is -0.131. The number of hydrogen-bond donors (Lipinski definition) is 3. The summed E-state index contributed by atoms with van der Waals surface area (Å²) in [6.07, 6.45) is 6.50. The Hall–Kier alpha value is -3.56. The Morgan fingerprint density at radius 1 is 1.12 bits per heavy atom. The van der Waals surface area contributed by atoms with Crippen molar-refractivity contribution in [3.05, 3.63) is 78.0 Å². The predicted octanol–water partition coefficient (Wildman–Crippen LogP) is 3.27. The lowest BCUT2D eigenvalue weighted by molar-refractivity contribution is 0.0964. The molecule has 8 nitrogen and oxygen atoms in total. The molecule has 0 aliphatic heterocycles. The highest BCUT2D eigenvalue weighted by Crippen LogP contribution is 2.27. The van der Waals surface area contributed by atoms with Crippen LogP contribution in [0.2, 0.25) is 0 Å². The average molecular weight is 463 g/mol. The van der Waals surface area contributed by atoms with E-state index in [-0.39, 0.29) is 31.9 Å². The lowest BCUT2D eigenvalue weighted by atomic mass is 9.96. The zero-order chi connectivity index (χ0) is 22.5. The van der Waals surface area contributed by atoms with E-state index in [1.807, 2.05) is 30.3 Å². The molecule has 0 unspecified atom stereocenters. The highest BCUT2D eigenvalue weighted by atomic mass is 32.1. The van der Waals surface area contributed by atoms with Crippen molar-refractivity contribution in [1.82, 2.24) is 25.3 Å². The number of pyridine rings is 2. The largest absolute Gasteiger partial charge is 0.392 e. The van der Waals surface area contributed by atoms with E-state index >= 15 is 0 Å². The van der Waals surface area contributed by atoms with Gasteiger partial charge in [-0.15, -0.1) is 0 Å². The molecule has 3 aromatic heterocycles. The number of aromatic nitrogens is 4. The van der Waals surface area contributed by atoms with E-state index in [4.69, 9.17) is 0 Å². The van der Waals surface area contributed by atoms with Crippen molar-refractivity contribution in [3.8, 4) is 11.3 Å². The number of nitrogens with one attached hydrogen (secondary N) is 2. The summed E-state index contributed by atoms with van der Waals surface area (Å²) in [7, 11) is 1.62. The van der Waals surface area contributed by atoms with Crippen molar-refractivity contribution in [2.45, 2.75) is 19.4 Å². The summed E-state index contributed by atoms with van der Waals surface area (Å²) < 4.78 is 0. The van der Waals surface area contributed by atoms with Gasteiger partial charge < -0.3 is 15.7 Å². The van der Waals surface area contributed by atoms with Crippen molar-refractivity contribution >= 4 is 36.1 Å². The van der Waals surface area contributed by atoms with Crippen LogP contribution < -0.4 is 10.6 Å². The molecule has 170 valence electrons. The summed E-state index contributed by atoms with van der Waals surface area (Å²) >= 11 is 0. The van der Waals surface area contributed by atoms with Gasteiger partial charge in [0.15, 0.2) is 0 Å². The number of anilines is 1. The van der Waals surface area contributed by atoms with Crippen molar-refractivity contribution in [3.63, 3.8) is 0 Å². The van der Waals surface area contributed by atoms with E-state index in [1.165, 1.54) is 6.33 Å². The fourth-order valence-corrected chi connectivity index (χ4v) is 3.62. The number of aliphatic hydroxyl groups excluding tert-OH is 1. The number of nitrogens with zero attached hydrogens (tertiary/aromatic N) is 4. The third-order valence-electron chi connectivity index (χ3n) is 5.33. The lowest BCUT2D eigenvalue weighted by Crippen LogP contribution is -2.18. The predicted molar refractivity (Wildman–Crippen MR) is 134 cm³/mol. The molecule has 0 aliphatic rings. The van der Waals surface area contributed by atoms with Crippen LogP contribution in [0.25, 0.3) is 22.2 Å². The van der Waals surface area contributed by atoms with Gasteiger partial charge in [0, 0.05) is 55.1 Å². The van der Waals surface area contributed by atoms with E-state index in [2.05, 4.69) is 37.5 Å². The molecule has 3 heterocycles. The van der Waals surface area contributed by atoms with Crippen LogP contribution in [-0.4, -0.2) is 44.5 Å². The molecule has 0 spiro atoms. The Morgan fingerprint density at radius 3 is 2.76 bits per heavy atom. The van der Waals surface area contributed by atoms with Gasteiger partial charge >= 0.3 is 0 Å². The molecule has 0 aliphatic carbocycles. The second kappa shape index (κ2) is 10.8. The molecule has 3 N–H and O–H groups in total. The normalized spacial score (nSPS) is 11.5. The zero-order valence-corrected chi connectivity index (χ0v) is 19.4. The summed E-state index contributed by atoms with van der Waals surface area (Å²) in [5.41, 5.74) is 4.74. The summed E-state index contributed by atoms with van der Waals surface area (Å²) in [6, 6.07) is 11.3. The van der Waals surface area contributed by atoms with Crippen LogP contribution in [0.4, 0.5) is 5.82 Å². The summed E-state index contributed by atoms with van der Waals surface area (Å²) in [5, 5.41) is 16.2. The van der Waals surface area contributed by atoms with Gasteiger partial charge in [0.05, 0.1) is 23.4 Å². The maximum atomic E-state index is 12.2. The molecule has 1 amide bonds. The second-order valence-electron chi connectivity index (χ2n) is 7.49. The molecule has 1 atom stereocenters. The van der Waals surface area contributed by atoms with Gasteiger partial charge in [0.25, 0.3) is 5.91 Å². The quantitative estimate of drug-likeness (QED) is 0.386. The highest BCUT2D eigenvalue weighted by Gasteiger charge is 2.15. The summed E-state index contributed by atoms with van der Waals surface area (Å²) in [4.78, 5) is 29.6. The third kappa shape index (κ3) is 5.27. The SMILES string of the molecule is CNC(=O)c1ccnc2c([C@H](C)CNc3cc(-c4cncc(CO)c4)ncn3)cccc12.S. The monoisotopic (exact) mass is 462 g/mol. The number of para-hydroxylation sites is 1. The molecular formula is C24H26N6O2S. The van der Waals surface area contributed by atoms with Gasteiger partial charge in [0.1, 0.15) is 12.1 Å². The molecule has 33 heavy (non-hydrogen) atoms. The molecule has 9 heteroatoms. The fourth-order valence-electron chi connectivity index (χ4n) is 3.62. The number of hydrogen-bond acceptors (Lipinski definition) is 7. The number of amides is 1. The minimum Gasteiger partial charge on any atom is -0.392 e. The highest BCUT2D eigenvalue weighted by molar-refractivity contribution is 7.59. The Morgan fingerprint density at radius 2 is 1.97 bits per heavy atom. The van der Waals surface area contributed by atoms with Gasteiger partial charge in [-0.2, -0.15) is 13.5 Å². The lowest BCUT2D eigenvalue weighted by Gasteiger charge is -2.16. The molecule has 0 bridgehead atoms. The number of rotatable bonds is 7. The minimum absolute atomic E-state index is 0. The molecule has 4 rings (SSSR count). The standard InChI is InChI=1S/C24H24N6O2.H2S/c1-15(18-4-3-5-19-20(24(32)25-2)6-7-27-23(18)19)10-28-22-9-21(29-14-30-22)17-8-16(13-31)11-26-12-17;/h3-9,11-12,14-15,31H,10,13H2,1-2H3,(H,25,32)(H,28,29,30);1H2/t15-;/m1./s1. The molecule has 1 aromatic carbocycles. The van der Waals surface area contributed by atoms with Crippen LogP contribution in [-0.2, 0) is 6.61 Å². The molecule has 0 fully saturated rings. The molecule has 4 aromatic rings. The van der Waals surface area contributed by atoms with Crippen LogP contribution >= 0.6 is 13.5 Å². The molecule has 0 saturated carbocycles. The van der Waals surface area contributed by atoms with Crippen LogP contribution in [0.3, 0.4) is 0 Å². The van der Waals surface area contributed by atoms with Crippen molar-refractivity contribution in [2.75, 3.05) is 18.9 Å². The zero-order valence-electron chi connectivity index (χ0n) is 18.4. The second-order valence-corrected chi connectivity index (χ2v) is 7.49.